The Labute approximate surface area is 129 Å². The average molecular weight is 307 g/mol. The van der Waals surface area contributed by atoms with Gasteiger partial charge in [0.05, 0.1) is 5.69 Å². The number of halogens is 1. The van der Waals surface area contributed by atoms with Crippen LogP contribution in [0.5, 0.6) is 0 Å². The van der Waals surface area contributed by atoms with Gasteiger partial charge in [0.15, 0.2) is 0 Å². The van der Waals surface area contributed by atoms with Crippen LogP contribution in [0.25, 0.3) is 0 Å². The molecule has 0 aliphatic carbocycles. The number of urea groups is 1. The van der Waals surface area contributed by atoms with Gasteiger partial charge in [0.1, 0.15) is 5.82 Å². The van der Waals surface area contributed by atoms with Crippen LogP contribution >= 0.6 is 0 Å². The lowest BCUT2D eigenvalue weighted by Gasteiger charge is -2.26. The Kier molecular flexibility index (Phi) is 4.39. The highest BCUT2D eigenvalue weighted by Crippen LogP contribution is 2.28. The van der Waals surface area contributed by atoms with Gasteiger partial charge in [-0.05, 0) is 23.6 Å². The van der Waals surface area contributed by atoms with E-state index in [4.69, 9.17) is 0 Å². The van der Waals surface area contributed by atoms with Crippen LogP contribution in [0.1, 0.15) is 27.7 Å². The summed E-state index contributed by atoms with van der Waals surface area (Å²) in [5.41, 5.74) is 0.445. The summed E-state index contributed by atoms with van der Waals surface area (Å²) in [4.78, 5) is 25.4. The zero-order valence-corrected chi connectivity index (χ0v) is 13.4. The Morgan fingerprint density at radius 3 is 2.64 bits per heavy atom. The lowest BCUT2D eigenvalue weighted by Crippen LogP contribution is -2.31. The number of nitrogens with one attached hydrogen (secondary N) is 2. The van der Waals surface area contributed by atoms with Gasteiger partial charge >= 0.3 is 6.03 Å². The maximum atomic E-state index is 13.9. The van der Waals surface area contributed by atoms with E-state index in [1.165, 1.54) is 23.1 Å². The third kappa shape index (κ3) is 3.37. The second kappa shape index (κ2) is 5.94. The van der Waals surface area contributed by atoms with E-state index < -0.39 is 5.82 Å². The SMILES string of the molecule is C[C@@H](C(=O)Nc1cc(N2CCNC2=O)ccc1F)C(C)(C)C. The molecule has 0 bridgehead atoms. The Morgan fingerprint density at radius 1 is 1.41 bits per heavy atom. The van der Waals surface area contributed by atoms with E-state index in [1.54, 1.807) is 0 Å². The monoisotopic (exact) mass is 307 g/mol. The molecule has 6 heteroatoms. The molecule has 0 unspecified atom stereocenters. The maximum absolute atomic E-state index is 13.9. The van der Waals surface area contributed by atoms with E-state index in [0.717, 1.165) is 0 Å². The van der Waals surface area contributed by atoms with Gasteiger partial charge in [-0.15, -0.1) is 0 Å². The zero-order valence-electron chi connectivity index (χ0n) is 13.4. The van der Waals surface area contributed by atoms with Crippen molar-refractivity contribution in [1.82, 2.24) is 5.32 Å². The van der Waals surface area contributed by atoms with E-state index in [1.807, 2.05) is 27.7 Å². The molecule has 1 aromatic rings. The molecule has 2 N–H and O–H groups in total. The molecule has 2 rings (SSSR count). The highest BCUT2D eigenvalue weighted by molar-refractivity contribution is 5.96. The van der Waals surface area contributed by atoms with Crippen LogP contribution in [-0.2, 0) is 4.79 Å². The van der Waals surface area contributed by atoms with E-state index in [2.05, 4.69) is 10.6 Å². The third-order valence-corrected chi connectivity index (χ3v) is 4.07. The fourth-order valence-corrected chi connectivity index (χ4v) is 2.13. The second-order valence-corrected chi connectivity index (χ2v) is 6.62. The summed E-state index contributed by atoms with van der Waals surface area (Å²) in [6, 6.07) is 4.07. The number of nitrogens with zero attached hydrogens (tertiary/aromatic N) is 1. The Balaban J connectivity index is 2.20. The highest BCUT2D eigenvalue weighted by atomic mass is 19.1. The predicted molar refractivity (Wildman–Crippen MR) is 84.4 cm³/mol. The topological polar surface area (TPSA) is 61.4 Å². The summed E-state index contributed by atoms with van der Waals surface area (Å²) in [7, 11) is 0. The molecule has 0 spiro atoms. The van der Waals surface area contributed by atoms with Crippen molar-refractivity contribution < 1.29 is 14.0 Å². The first-order valence-electron chi connectivity index (χ1n) is 7.36. The number of amides is 3. The minimum atomic E-state index is -0.516. The Bertz CT molecular complexity index is 596. The molecule has 1 saturated heterocycles. The molecular weight excluding hydrogens is 285 g/mol. The quantitative estimate of drug-likeness (QED) is 0.902. The number of rotatable bonds is 3. The summed E-state index contributed by atoms with van der Waals surface area (Å²) < 4.78 is 13.9. The molecule has 1 aliphatic heterocycles. The van der Waals surface area contributed by atoms with Crippen molar-refractivity contribution in [2.45, 2.75) is 27.7 Å². The molecule has 120 valence electrons. The van der Waals surface area contributed by atoms with Crippen LogP contribution in [0.3, 0.4) is 0 Å². The van der Waals surface area contributed by atoms with Crippen molar-refractivity contribution in [3.63, 3.8) is 0 Å². The van der Waals surface area contributed by atoms with Gasteiger partial charge < -0.3 is 10.6 Å². The number of anilines is 2. The van der Waals surface area contributed by atoms with Crippen molar-refractivity contribution in [1.29, 1.82) is 0 Å². The summed E-state index contributed by atoms with van der Waals surface area (Å²) in [6.45, 7) is 8.76. The van der Waals surface area contributed by atoms with Gasteiger partial charge in [0.2, 0.25) is 5.91 Å². The molecule has 22 heavy (non-hydrogen) atoms. The molecule has 0 aromatic heterocycles. The smallest absolute Gasteiger partial charge is 0.321 e. The minimum Gasteiger partial charge on any atom is -0.336 e. The zero-order chi connectivity index (χ0) is 16.5. The number of carbonyl (C=O) groups is 2. The Hall–Kier alpha value is -2.11. The molecular formula is C16H22FN3O2. The van der Waals surface area contributed by atoms with Crippen molar-refractivity contribution in [3.05, 3.63) is 24.0 Å². The summed E-state index contributed by atoms with van der Waals surface area (Å²) in [6.07, 6.45) is 0. The van der Waals surface area contributed by atoms with Crippen LogP contribution in [0.2, 0.25) is 0 Å². The van der Waals surface area contributed by atoms with Crippen LogP contribution in [0.4, 0.5) is 20.6 Å². The molecule has 1 heterocycles. The number of carbonyl (C=O) groups excluding carboxylic acids is 2. The maximum Gasteiger partial charge on any atom is 0.321 e. The molecule has 1 aromatic carbocycles. The van der Waals surface area contributed by atoms with Crippen molar-refractivity contribution >= 4 is 23.3 Å². The van der Waals surface area contributed by atoms with Gasteiger partial charge in [-0.1, -0.05) is 27.7 Å². The van der Waals surface area contributed by atoms with Gasteiger partial charge in [-0.2, -0.15) is 0 Å². The molecule has 3 amide bonds. The summed E-state index contributed by atoms with van der Waals surface area (Å²) in [5.74, 6) is -1.03. The molecule has 0 radical (unpaired) electrons. The average Bonchev–Trinajstić information content (AvgIpc) is 2.85. The fourth-order valence-electron chi connectivity index (χ4n) is 2.13. The number of hydrogen-bond donors (Lipinski definition) is 2. The molecule has 1 aliphatic rings. The largest absolute Gasteiger partial charge is 0.336 e. The normalized spacial score (nSPS) is 16.4. The lowest BCUT2D eigenvalue weighted by molar-refractivity contribution is -0.122. The van der Waals surface area contributed by atoms with Gasteiger partial charge in [-0.25, -0.2) is 9.18 Å². The number of hydrogen-bond acceptors (Lipinski definition) is 2. The van der Waals surface area contributed by atoms with E-state index in [-0.39, 0.29) is 29.0 Å². The Morgan fingerprint density at radius 2 is 2.09 bits per heavy atom. The first-order chi connectivity index (χ1) is 10.2. The molecule has 5 nitrogen and oxygen atoms in total. The van der Waals surface area contributed by atoms with Crippen molar-refractivity contribution in [2.24, 2.45) is 11.3 Å². The second-order valence-electron chi connectivity index (χ2n) is 6.62. The van der Waals surface area contributed by atoms with Crippen LogP contribution < -0.4 is 15.5 Å². The van der Waals surface area contributed by atoms with E-state index in [0.29, 0.717) is 18.8 Å². The fraction of sp³-hybridized carbons (Fsp3) is 0.500. The van der Waals surface area contributed by atoms with Gasteiger partial charge in [0, 0.05) is 24.7 Å². The first-order valence-corrected chi connectivity index (χ1v) is 7.36. The van der Waals surface area contributed by atoms with Gasteiger partial charge in [0.25, 0.3) is 0 Å². The van der Waals surface area contributed by atoms with Gasteiger partial charge in [-0.3, -0.25) is 9.69 Å². The first kappa shape index (κ1) is 16.3. The van der Waals surface area contributed by atoms with Crippen LogP contribution in [0, 0.1) is 17.2 Å². The van der Waals surface area contributed by atoms with Crippen LogP contribution in [0.15, 0.2) is 18.2 Å². The summed E-state index contributed by atoms with van der Waals surface area (Å²) in [5, 5.41) is 5.31. The third-order valence-electron chi connectivity index (χ3n) is 4.07. The van der Waals surface area contributed by atoms with Crippen LogP contribution in [-0.4, -0.2) is 25.0 Å². The minimum absolute atomic E-state index is 0.0956. The highest BCUT2D eigenvalue weighted by Gasteiger charge is 2.28. The molecule has 1 atom stereocenters. The summed E-state index contributed by atoms with van der Waals surface area (Å²) >= 11 is 0. The van der Waals surface area contributed by atoms with E-state index in [9.17, 15) is 14.0 Å². The standard InChI is InChI=1S/C16H22FN3O2/c1-10(16(2,3)4)14(21)19-13-9-11(5-6-12(13)17)20-8-7-18-15(20)22/h5-6,9-10H,7-8H2,1-4H3,(H,18,22)(H,19,21)/t10-/m0/s1. The number of benzene rings is 1. The van der Waals surface area contributed by atoms with Crippen molar-refractivity contribution in [3.8, 4) is 0 Å². The molecule has 0 saturated carbocycles. The predicted octanol–water partition coefficient (Wildman–Crippen LogP) is 2.98. The molecule has 1 fully saturated rings. The van der Waals surface area contributed by atoms with E-state index >= 15 is 0 Å². The lowest BCUT2D eigenvalue weighted by atomic mass is 9.81. The van der Waals surface area contributed by atoms with Crippen molar-refractivity contribution in [2.75, 3.05) is 23.3 Å².